The van der Waals surface area contributed by atoms with E-state index in [-0.39, 0.29) is 43.3 Å². The molecule has 1 heterocycles. The van der Waals surface area contributed by atoms with Crippen LogP contribution >= 0.6 is 0 Å². The lowest BCUT2D eigenvalue weighted by Crippen LogP contribution is -2.44. The number of carbonyl (C=O) groups is 2. The number of nitrogens with zero attached hydrogens (tertiary/aromatic N) is 2. The van der Waals surface area contributed by atoms with Crippen molar-refractivity contribution in [3.05, 3.63) is 143 Å². The van der Waals surface area contributed by atoms with Crippen molar-refractivity contribution in [3.63, 3.8) is 0 Å². The second-order valence-electron chi connectivity index (χ2n) is 12.5. The summed E-state index contributed by atoms with van der Waals surface area (Å²) in [4.78, 5) is 31.0. The van der Waals surface area contributed by atoms with Gasteiger partial charge >= 0.3 is 6.03 Å². The van der Waals surface area contributed by atoms with Crippen LogP contribution in [0.1, 0.15) is 40.3 Å². The number of β-amino-alcohol motifs (C(OH)–C–C–N with tert-alkyl or cyclic N) is 1. The first-order valence-corrected chi connectivity index (χ1v) is 16.0. The molecule has 0 aromatic heterocycles. The zero-order valence-corrected chi connectivity index (χ0v) is 25.7. The third-order valence-corrected chi connectivity index (χ3v) is 9.13. The normalized spacial score (nSPS) is 20.4. The zero-order chi connectivity index (χ0) is 32.0. The van der Waals surface area contributed by atoms with E-state index < -0.39 is 24.2 Å². The molecule has 46 heavy (non-hydrogen) atoms. The van der Waals surface area contributed by atoms with E-state index in [1.807, 2.05) is 84.9 Å². The molecule has 8 heteroatoms. The molecule has 0 spiro atoms. The van der Waals surface area contributed by atoms with Gasteiger partial charge in [-0.25, -0.2) is 9.18 Å². The highest BCUT2D eigenvalue weighted by Crippen LogP contribution is 2.32. The molecule has 4 aromatic rings. The maximum absolute atomic E-state index is 13.9. The minimum atomic E-state index is -0.975. The third kappa shape index (κ3) is 7.46. The summed E-state index contributed by atoms with van der Waals surface area (Å²) in [6.07, 6.45) is -0.0892. The van der Waals surface area contributed by atoms with Gasteiger partial charge in [-0.3, -0.25) is 4.79 Å². The number of carbonyl (C=O) groups excluding carboxylic acids is 2. The van der Waals surface area contributed by atoms with Crippen molar-refractivity contribution >= 4 is 11.9 Å². The number of hydrogen-bond donors (Lipinski definition) is 3. The van der Waals surface area contributed by atoms with Crippen LogP contribution in [0.4, 0.5) is 9.18 Å². The second-order valence-corrected chi connectivity index (χ2v) is 12.5. The van der Waals surface area contributed by atoms with Gasteiger partial charge in [0.05, 0.1) is 24.3 Å². The quantitative estimate of drug-likeness (QED) is 0.206. The number of aliphatic hydroxyl groups excluding tert-OH is 2. The number of urea groups is 1. The Hall–Kier alpha value is -4.53. The molecule has 1 saturated heterocycles. The smallest absolute Gasteiger partial charge is 0.320 e. The Labute approximate surface area is 269 Å². The summed E-state index contributed by atoms with van der Waals surface area (Å²) in [7, 11) is 0. The van der Waals surface area contributed by atoms with Gasteiger partial charge < -0.3 is 25.3 Å². The first-order valence-electron chi connectivity index (χ1n) is 16.0. The van der Waals surface area contributed by atoms with Gasteiger partial charge in [-0.1, -0.05) is 97.1 Å². The van der Waals surface area contributed by atoms with E-state index in [4.69, 9.17) is 0 Å². The first kappa shape index (κ1) is 31.5. The van der Waals surface area contributed by atoms with E-state index in [9.17, 15) is 24.2 Å². The van der Waals surface area contributed by atoms with Gasteiger partial charge in [-0.2, -0.15) is 0 Å². The van der Waals surface area contributed by atoms with Crippen LogP contribution in [0.15, 0.2) is 109 Å². The largest absolute Gasteiger partial charge is 0.391 e. The van der Waals surface area contributed by atoms with Crippen LogP contribution in [0, 0.1) is 11.7 Å². The Kier molecular flexibility index (Phi) is 9.76. The number of hydrogen-bond acceptors (Lipinski definition) is 4. The fourth-order valence-electron chi connectivity index (χ4n) is 6.88. The average Bonchev–Trinajstić information content (AvgIpc) is 3.52. The van der Waals surface area contributed by atoms with Crippen molar-refractivity contribution in [1.82, 2.24) is 15.1 Å². The van der Waals surface area contributed by atoms with Crippen LogP contribution in [-0.2, 0) is 30.6 Å². The van der Waals surface area contributed by atoms with Crippen LogP contribution in [0.3, 0.4) is 0 Å². The molecule has 6 rings (SSSR count). The SMILES string of the molecule is O=C(N[C@H]1c2ccccc2C[C@H]1O)[C@H](Cc1ccccc1)C[C@H](O)CN1C(=O)N(Cc2cccc(F)c2)C[C@@H]1Cc1ccccc1. The molecule has 7 nitrogen and oxygen atoms in total. The third-order valence-electron chi connectivity index (χ3n) is 9.13. The van der Waals surface area contributed by atoms with E-state index in [0.29, 0.717) is 31.4 Å². The molecular weight excluding hydrogens is 581 g/mol. The number of nitrogens with one attached hydrogen (secondary N) is 1. The van der Waals surface area contributed by atoms with Gasteiger partial charge in [0.25, 0.3) is 0 Å². The number of amides is 3. The number of rotatable bonds is 12. The van der Waals surface area contributed by atoms with Crippen LogP contribution < -0.4 is 5.32 Å². The lowest BCUT2D eigenvalue weighted by molar-refractivity contribution is -0.127. The van der Waals surface area contributed by atoms with Gasteiger partial charge in [0, 0.05) is 32.0 Å². The minimum absolute atomic E-state index is 0.0590. The molecule has 0 bridgehead atoms. The Morgan fingerprint density at radius 1 is 0.891 bits per heavy atom. The van der Waals surface area contributed by atoms with Gasteiger partial charge in [-0.15, -0.1) is 0 Å². The monoisotopic (exact) mass is 621 g/mol. The highest BCUT2D eigenvalue weighted by Gasteiger charge is 2.39. The molecule has 0 radical (unpaired) electrons. The summed E-state index contributed by atoms with van der Waals surface area (Å²) in [6, 6.07) is 32.6. The van der Waals surface area contributed by atoms with Crippen molar-refractivity contribution < 1.29 is 24.2 Å². The predicted molar refractivity (Wildman–Crippen MR) is 174 cm³/mol. The van der Waals surface area contributed by atoms with Crippen molar-refractivity contribution in [2.75, 3.05) is 13.1 Å². The Morgan fingerprint density at radius 3 is 2.30 bits per heavy atom. The van der Waals surface area contributed by atoms with Crippen LogP contribution in [0.5, 0.6) is 0 Å². The fraction of sp³-hybridized carbons (Fsp3) is 0.316. The van der Waals surface area contributed by atoms with Crippen molar-refractivity contribution in [2.24, 2.45) is 5.92 Å². The topological polar surface area (TPSA) is 93.1 Å². The highest BCUT2D eigenvalue weighted by atomic mass is 19.1. The second kappa shape index (κ2) is 14.3. The lowest BCUT2D eigenvalue weighted by atomic mass is 9.91. The van der Waals surface area contributed by atoms with Crippen LogP contribution in [-0.4, -0.2) is 63.3 Å². The van der Waals surface area contributed by atoms with E-state index in [2.05, 4.69) is 5.32 Å². The molecule has 0 unspecified atom stereocenters. The summed E-state index contributed by atoms with van der Waals surface area (Å²) >= 11 is 0. The van der Waals surface area contributed by atoms with E-state index >= 15 is 0 Å². The molecule has 238 valence electrons. The van der Waals surface area contributed by atoms with Crippen LogP contribution in [0.25, 0.3) is 0 Å². The fourth-order valence-corrected chi connectivity index (χ4v) is 6.88. The van der Waals surface area contributed by atoms with Gasteiger partial charge in [0.1, 0.15) is 5.82 Å². The van der Waals surface area contributed by atoms with E-state index in [1.54, 1.807) is 21.9 Å². The lowest BCUT2D eigenvalue weighted by Gasteiger charge is -2.28. The summed E-state index contributed by atoms with van der Waals surface area (Å²) in [5.74, 6) is -1.19. The van der Waals surface area contributed by atoms with Crippen molar-refractivity contribution in [3.8, 4) is 0 Å². The summed E-state index contributed by atoms with van der Waals surface area (Å²) < 4.78 is 13.9. The molecule has 2 aliphatic rings. The molecule has 1 fully saturated rings. The van der Waals surface area contributed by atoms with Gasteiger partial charge in [0.2, 0.25) is 5.91 Å². The number of aliphatic hydroxyl groups is 2. The van der Waals surface area contributed by atoms with Gasteiger partial charge in [0.15, 0.2) is 0 Å². The summed E-state index contributed by atoms with van der Waals surface area (Å²) in [6.45, 7) is 0.756. The first-order chi connectivity index (χ1) is 22.3. The number of fused-ring (bicyclic) bond motifs is 1. The summed E-state index contributed by atoms with van der Waals surface area (Å²) in [5.41, 5.74) is 4.66. The minimum Gasteiger partial charge on any atom is -0.391 e. The molecule has 3 N–H and O–H groups in total. The molecule has 4 aromatic carbocycles. The number of halogens is 1. The van der Waals surface area contributed by atoms with Crippen molar-refractivity contribution in [2.45, 2.75) is 56.5 Å². The standard InChI is InChI=1S/C38H40FN3O4/c39-31-16-9-14-28(19-31)23-41-24-32(20-27-12-5-2-6-13-27)42(38(41)46)25-33(43)21-30(18-26-10-3-1-4-11-26)37(45)40-36-34-17-8-7-15-29(34)22-35(36)44/h1-17,19,30,32-33,35-36,43-44H,18,20-25H2,(H,40,45)/t30-,32+,33+,35-,36+/m1/s1. The molecular formula is C38H40FN3O4. The summed E-state index contributed by atoms with van der Waals surface area (Å²) in [5, 5.41) is 25.4. The Morgan fingerprint density at radius 2 is 1.57 bits per heavy atom. The van der Waals surface area contributed by atoms with E-state index in [1.165, 1.54) is 12.1 Å². The molecule has 0 saturated carbocycles. The maximum Gasteiger partial charge on any atom is 0.320 e. The van der Waals surface area contributed by atoms with Crippen molar-refractivity contribution in [1.29, 1.82) is 0 Å². The predicted octanol–water partition coefficient (Wildman–Crippen LogP) is 5.06. The Bertz CT molecular complexity index is 1640. The Balaban J connectivity index is 1.19. The molecule has 1 aliphatic heterocycles. The molecule has 3 amide bonds. The van der Waals surface area contributed by atoms with Gasteiger partial charge in [-0.05, 0) is 59.2 Å². The van der Waals surface area contributed by atoms with E-state index in [0.717, 1.165) is 22.3 Å². The van der Waals surface area contributed by atoms with Crippen LogP contribution in [0.2, 0.25) is 0 Å². The number of benzene rings is 4. The molecule has 5 atom stereocenters. The maximum atomic E-state index is 13.9. The highest BCUT2D eigenvalue weighted by molar-refractivity contribution is 5.80. The molecule has 1 aliphatic carbocycles. The average molecular weight is 622 g/mol. The zero-order valence-electron chi connectivity index (χ0n) is 25.7.